The van der Waals surface area contributed by atoms with Gasteiger partial charge < -0.3 is 14.8 Å². The van der Waals surface area contributed by atoms with Gasteiger partial charge in [0.25, 0.3) is 11.8 Å². The molecule has 1 aromatic heterocycles. The van der Waals surface area contributed by atoms with E-state index in [4.69, 9.17) is 9.47 Å². The molecule has 0 spiro atoms. The van der Waals surface area contributed by atoms with Gasteiger partial charge in [0.05, 0.1) is 24.5 Å². The number of carbonyl (C=O) groups is 2. The largest absolute Gasteiger partial charge is 0.494 e. The topological polar surface area (TPSA) is 124 Å². The second-order valence-corrected chi connectivity index (χ2v) is 12.3. The number of pyridine rings is 1. The number of nitrogens with one attached hydrogen (secondary N) is 2. The summed E-state index contributed by atoms with van der Waals surface area (Å²) in [5.74, 6) is -0.875. The summed E-state index contributed by atoms with van der Waals surface area (Å²) in [4.78, 5) is 30.7. The highest BCUT2D eigenvalue weighted by Crippen LogP contribution is 2.39. The number of sulfonamides is 1. The summed E-state index contributed by atoms with van der Waals surface area (Å²) < 4.78 is 74.5. The van der Waals surface area contributed by atoms with Gasteiger partial charge in [-0.2, -0.15) is 13.2 Å². The number of carbonyl (C=O) groups excluding carboxylic acids is 2. The Morgan fingerprint density at radius 2 is 1.83 bits per heavy atom. The molecule has 0 unspecified atom stereocenters. The standard InChI is InChI=1S/C28H32F3N3O6S/c1-27(19-7-9-20(10-8-19)40-15-5-3-4-14-28(29,30)31)16-22(18-6-13-23(39-2)32-17-18)24(25(35)33-27)26(36)34-41(37,38)21-11-12-21/h6-10,13,17,21H,3-5,11-12,14-16H2,1-2H3,(H,33,35)(H,34,36)/t27-/m0/s1. The predicted molar refractivity (Wildman–Crippen MR) is 144 cm³/mol. The third kappa shape index (κ3) is 7.78. The Labute approximate surface area is 236 Å². The number of rotatable bonds is 12. The fourth-order valence-corrected chi connectivity index (χ4v) is 5.92. The van der Waals surface area contributed by atoms with Crippen molar-refractivity contribution in [2.24, 2.45) is 0 Å². The molecule has 13 heteroatoms. The van der Waals surface area contributed by atoms with Crippen LogP contribution in [0.15, 0.2) is 48.2 Å². The van der Waals surface area contributed by atoms with Gasteiger partial charge in [0.2, 0.25) is 15.9 Å². The van der Waals surface area contributed by atoms with E-state index in [1.165, 1.54) is 13.3 Å². The minimum atomic E-state index is -4.15. The fraction of sp³-hybridized carbons (Fsp3) is 0.464. The molecule has 1 atom stereocenters. The molecule has 1 aromatic carbocycles. The van der Waals surface area contributed by atoms with Crippen LogP contribution in [0.1, 0.15) is 63.0 Å². The molecule has 0 bridgehead atoms. The summed E-state index contributed by atoms with van der Waals surface area (Å²) in [6.07, 6.45) is -1.51. The highest BCUT2D eigenvalue weighted by molar-refractivity contribution is 7.91. The van der Waals surface area contributed by atoms with E-state index in [1.54, 1.807) is 43.3 Å². The van der Waals surface area contributed by atoms with Gasteiger partial charge in [0.1, 0.15) is 11.3 Å². The zero-order valence-corrected chi connectivity index (χ0v) is 23.5. The number of benzene rings is 1. The molecule has 1 aliphatic heterocycles. The minimum Gasteiger partial charge on any atom is -0.494 e. The molecule has 222 valence electrons. The van der Waals surface area contributed by atoms with E-state index in [0.29, 0.717) is 54.0 Å². The summed E-state index contributed by atoms with van der Waals surface area (Å²) in [6.45, 7) is 2.05. The second kappa shape index (κ2) is 12.1. The molecule has 2 amide bonds. The van der Waals surface area contributed by atoms with E-state index < -0.39 is 45.2 Å². The van der Waals surface area contributed by atoms with Gasteiger partial charge in [-0.05, 0) is 73.9 Å². The van der Waals surface area contributed by atoms with Crippen molar-refractivity contribution in [1.82, 2.24) is 15.0 Å². The molecule has 1 fully saturated rings. The summed E-state index contributed by atoms with van der Waals surface area (Å²) in [6, 6.07) is 10.1. The molecule has 1 aliphatic carbocycles. The normalized spacial score (nSPS) is 19.5. The molecule has 2 N–H and O–H groups in total. The molecule has 9 nitrogen and oxygen atoms in total. The number of alkyl halides is 3. The van der Waals surface area contributed by atoms with Crippen molar-refractivity contribution in [2.45, 2.75) is 68.8 Å². The van der Waals surface area contributed by atoms with Gasteiger partial charge in [-0.25, -0.2) is 18.1 Å². The molecular weight excluding hydrogens is 563 g/mol. The first-order chi connectivity index (χ1) is 19.3. The lowest BCUT2D eigenvalue weighted by molar-refractivity contribution is -0.135. The third-order valence-corrected chi connectivity index (χ3v) is 8.85. The van der Waals surface area contributed by atoms with Crippen LogP contribution in [0.2, 0.25) is 0 Å². The average Bonchev–Trinajstić information content (AvgIpc) is 3.76. The lowest BCUT2D eigenvalue weighted by Gasteiger charge is -2.37. The zero-order valence-electron chi connectivity index (χ0n) is 22.7. The molecule has 2 heterocycles. The second-order valence-electron chi connectivity index (χ2n) is 10.4. The van der Waals surface area contributed by atoms with Crippen LogP contribution in [0.25, 0.3) is 5.57 Å². The summed E-state index contributed by atoms with van der Waals surface area (Å²) in [7, 11) is -2.44. The minimum absolute atomic E-state index is 0.0515. The van der Waals surface area contributed by atoms with E-state index in [9.17, 15) is 31.2 Å². The molecule has 0 radical (unpaired) electrons. The van der Waals surface area contributed by atoms with Gasteiger partial charge >= 0.3 is 6.18 Å². The smallest absolute Gasteiger partial charge is 0.389 e. The lowest BCUT2D eigenvalue weighted by Crippen LogP contribution is -2.50. The summed E-state index contributed by atoms with van der Waals surface area (Å²) in [5.41, 5.74) is 0.221. The molecule has 4 rings (SSSR count). The zero-order chi connectivity index (χ0) is 29.8. The van der Waals surface area contributed by atoms with Gasteiger partial charge in [-0.1, -0.05) is 12.1 Å². The van der Waals surface area contributed by atoms with E-state index >= 15 is 0 Å². The van der Waals surface area contributed by atoms with Gasteiger partial charge in [-0.15, -0.1) is 0 Å². The van der Waals surface area contributed by atoms with Crippen molar-refractivity contribution in [1.29, 1.82) is 0 Å². The van der Waals surface area contributed by atoms with Crippen molar-refractivity contribution >= 4 is 27.4 Å². The molecule has 0 saturated heterocycles. The van der Waals surface area contributed by atoms with Crippen molar-refractivity contribution in [2.75, 3.05) is 13.7 Å². The van der Waals surface area contributed by atoms with Crippen LogP contribution in [-0.2, 0) is 25.2 Å². The first-order valence-electron chi connectivity index (χ1n) is 13.2. The maximum absolute atomic E-state index is 13.4. The highest BCUT2D eigenvalue weighted by atomic mass is 32.2. The predicted octanol–water partition coefficient (Wildman–Crippen LogP) is 4.39. The van der Waals surface area contributed by atoms with Crippen LogP contribution in [0.4, 0.5) is 13.2 Å². The number of amides is 2. The first-order valence-corrected chi connectivity index (χ1v) is 14.8. The van der Waals surface area contributed by atoms with E-state index in [0.717, 1.165) is 0 Å². The Balaban J connectivity index is 1.52. The van der Waals surface area contributed by atoms with Gasteiger partial charge in [0, 0.05) is 25.1 Å². The number of nitrogens with zero attached hydrogens (tertiary/aromatic N) is 1. The van der Waals surface area contributed by atoms with Crippen LogP contribution >= 0.6 is 0 Å². The molecule has 1 saturated carbocycles. The number of aromatic nitrogens is 1. The van der Waals surface area contributed by atoms with E-state index in [-0.39, 0.29) is 25.0 Å². The number of halogens is 3. The van der Waals surface area contributed by atoms with Crippen LogP contribution in [0.5, 0.6) is 11.6 Å². The number of ether oxygens (including phenoxy) is 2. The van der Waals surface area contributed by atoms with Crippen LogP contribution in [0.3, 0.4) is 0 Å². The molecular formula is C28H32F3N3O6S. The van der Waals surface area contributed by atoms with Crippen LogP contribution < -0.4 is 19.5 Å². The lowest BCUT2D eigenvalue weighted by atomic mass is 9.78. The van der Waals surface area contributed by atoms with Gasteiger partial charge in [0.15, 0.2) is 0 Å². The fourth-order valence-electron chi connectivity index (χ4n) is 4.63. The van der Waals surface area contributed by atoms with Gasteiger partial charge in [-0.3, -0.25) is 9.59 Å². The van der Waals surface area contributed by atoms with Crippen LogP contribution in [0, 0.1) is 0 Å². The Kier molecular flexibility index (Phi) is 8.95. The summed E-state index contributed by atoms with van der Waals surface area (Å²) >= 11 is 0. The van der Waals surface area contributed by atoms with Crippen molar-refractivity contribution in [3.8, 4) is 11.6 Å². The quantitative estimate of drug-likeness (QED) is 0.276. The monoisotopic (exact) mass is 595 g/mol. The molecule has 2 aliphatic rings. The SMILES string of the molecule is COc1ccc(C2=C(C(=O)NS(=O)(=O)C3CC3)C(=O)N[C@](C)(c3ccc(OCCCCCC(F)(F)F)cc3)C2)cn1. The average molecular weight is 596 g/mol. The van der Waals surface area contributed by atoms with Crippen LogP contribution in [-0.4, -0.2) is 50.4 Å². The Morgan fingerprint density at radius 3 is 2.41 bits per heavy atom. The molecule has 41 heavy (non-hydrogen) atoms. The third-order valence-electron chi connectivity index (χ3n) is 7.03. The Bertz CT molecular complexity index is 1410. The number of unbranched alkanes of at least 4 members (excludes halogenated alkanes) is 2. The maximum Gasteiger partial charge on any atom is 0.389 e. The number of hydrogen-bond donors (Lipinski definition) is 2. The maximum atomic E-state index is 13.4. The van der Waals surface area contributed by atoms with Crippen molar-refractivity contribution < 1.29 is 40.7 Å². The van der Waals surface area contributed by atoms with E-state index in [1.807, 2.05) is 0 Å². The van der Waals surface area contributed by atoms with Crippen molar-refractivity contribution in [3.63, 3.8) is 0 Å². The number of methoxy groups -OCH3 is 1. The molecule has 2 aromatic rings. The van der Waals surface area contributed by atoms with Crippen molar-refractivity contribution in [3.05, 3.63) is 59.3 Å². The Morgan fingerprint density at radius 1 is 1.12 bits per heavy atom. The van der Waals surface area contributed by atoms with E-state index in [2.05, 4.69) is 15.0 Å². The summed E-state index contributed by atoms with van der Waals surface area (Å²) in [5, 5.41) is 2.22. The highest BCUT2D eigenvalue weighted by Gasteiger charge is 2.43. The Hall–Kier alpha value is -3.61. The first kappa shape index (κ1) is 30.4. The number of hydrogen-bond acceptors (Lipinski definition) is 7.